The Labute approximate surface area is 95.7 Å². The van der Waals surface area contributed by atoms with E-state index in [0.717, 1.165) is 18.7 Å². The highest BCUT2D eigenvalue weighted by atomic mass is 32.2. The molecule has 0 aliphatic heterocycles. The maximum atomic E-state index is 8.39. The Bertz CT molecular complexity index is 313. The molecule has 1 rings (SSSR count). The third kappa shape index (κ3) is 4.87. The van der Waals surface area contributed by atoms with Crippen LogP contribution in [0.15, 0.2) is 29.2 Å². The van der Waals surface area contributed by atoms with Gasteiger partial charge in [0.05, 0.1) is 6.07 Å². The van der Waals surface area contributed by atoms with Gasteiger partial charge in [-0.3, -0.25) is 0 Å². The molecule has 0 spiro atoms. The molecule has 1 aromatic carbocycles. The van der Waals surface area contributed by atoms with Crippen molar-refractivity contribution < 1.29 is 0 Å². The molecule has 0 aliphatic carbocycles. The molecule has 2 nitrogen and oxygen atoms in total. The Morgan fingerprint density at radius 3 is 2.67 bits per heavy atom. The maximum Gasteiger partial charge on any atom is 0.0622 e. The van der Waals surface area contributed by atoms with Crippen LogP contribution in [0.25, 0.3) is 0 Å². The van der Waals surface area contributed by atoms with Crippen molar-refractivity contribution in [1.82, 2.24) is 5.32 Å². The first kappa shape index (κ1) is 12.1. The Hall–Kier alpha value is -0.980. The van der Waals surface area contributed by atoms with Gasteiger partial charge in [0.2, 0.25) is 0 Å². The van der Waals surface area contributed by atoms with Crippen LogP contribution in [0, 0.1) is 11.3 Å². The molecule has 0 aromatic heterocycles. The average molecular weight is 220 g/mol. The van der Waals surface area contributed by atoms with Gasteiger partial charge in [-0.25, -0.2) is 0 Å². The van der Waals surface area contributed by atoms with E-state index in [1.807, 2.05) is 18.8 Å². The minimum Gasteiger partial charge on any atom is -0.316 e. The van der Waals surface area contributed by atoms with Crippen LogP contribution in [0.4, 0.5) is 0 Å². The molecule has 0 saturated carbocycles. The van der Waals surface area contributed by atoms with Gasteiger partial charge in [0.1, 0.15) is 0 Å². The Kier molecular flexibility index (Phi) is 5.91. The zero-order chi connectivity index (χ0) is 10.9. The van der Waals surface area contributed by atoms with Crippen LogP contribution in [0.5, 0.6) is 0 Å². The number of hydrogen-bond acceptors (Lipinski definition) is 3. The first-order valence-electron chi connectivity index (χ1n) is 5.10. The second-order valence-corrected chi connectivity index (χ2v) is 4.45. The smallest absolute Gasteiger partial charge is 0.0622 e. The summed E-state index contributed by atoms with van der Waals surface area (Å²) < 4.78 is 0. The van der Waals surface area contributed by atoms with Crippen molar-refractivity contribution in [3.05, 3.63) is 29.8 Å². The Morgan fingerprint density at radius 2 is 2.07 bits per heavy atom. The van der Waals surface area contributed by atoms with Gasteiger partial charge in [0, 0.05) is 17.9 Å². The van der Waals surface area contributed by atoms with Crippen LogP contribution < -0.4 is 5.32 Å². The number of nitrogens with zero attached hydrogens (tertiary/aromatic N) is 1. The SMILES string of the molecule is CNCc1ccc(SCCCC#N)cc1. The summed E-state index contributed by atoms with van der Waals surface area (Å²) in [6.45, 7) is 0.916. The van der Waals surface area contributed by atoms with E-state index in [1.165, 1.54) is 10.5 Å². The third-order valence-corrected chi connectivity index (χ3v) is 3.10. The first-order valence-corrected chi connectivity index (χ1v) is 6.08. The van der Waals surface area contributed by atoms with E-state index in [2.05, 4.69) is 35.7 Å². The van der Waals surface area contributed by atoms with Crippen LogP contribution in [-0.2, 0) is 6.54 Å². The second-order valence-electron chi connectivity index (χ2n) is 3.28. The summed E-state index contributed by atoms with van der Waals surface area (Å²) >= 11 is 1.82. The number of benzene rings is 1. The minimum atomic E-state index is 0.658. The van der Waals surface area contributed by atoms with Gasteiger partial charge < -0.3 is 5.32 Å². The van der Waals surface area contributed by atoms with Crippen LogP contribution in [0.1, 0.15) is 18.4 Å². The summed E-state index contributed by atoms with van der Waals surface area (Å²) in [7, 11) is 1.95. The molecule has 0 saturated heterocycles. The van der Waals surface area contributed by atoms with E-state index in [4.69, 9.17) is 5.26 Å². The fraction of sp³-hybridized carbons (Fsp3) is 0.417. The highest BCUT2D eigenvalue weighted by Crippen LogP contribution is 2.19. The fourth-order valence-corrected chi connectivity index (χ4v) is 2.10. The lowest BCUT2D eigenvalue weighted by Gasteiger charge is -2.02. The van der Waals surface area contributed by atoms with Crippen LogP contribution in [0.2, 0.25) is 0 Å². The van der Waals surface area contributed by atoms with E-state index >= 15 is 0 Å². The molecular formula is C12H16N2S. The molecule has 3 heteroatoms. The van der Waals surface area contributed by atoms with Gasteiger partial charge in [-0.2, -0.15) is 5.26 Å². The largest absolute Gasteiger partial charge is 0.316 e. The number of thioether (sulfide) groups is 1. The third-order valence-electron chi connectivity index (χ3n) is 2.01. The highest BCUT2D eigenvalue weighted by Gasteiger charge is 1.95. The number of nitrogens with one attached hydrogen (secondary N) is 1. The summed E-state index contributed by atoms with van der Waals surface area (Å²) in [4.78, 5) is 1.28. The highest BCUT2D eigenvalue weighted by molar-refractivity contribution is 7.99. The molecule has 0 bridgehead atoms. The predicted octanol–water partition coefficient (Wildman–Crippen LogP) is 2.80. The lowest BCUT2D eigenvalue weighted by molar-refractivity contribution is 0.817. The summed E-state index contributed by atoms with van der Waals surface area (Å²) in [6, 6.07) is 10.7. The zero-order valence-electron chi connectivity index (χ0n) is 8.99. The molecule has 0 unspecified atom stereocenters. The molecule has 0 radical (unpaired) electrons. The van der Waals surface area contributed by atoms with E-state index in [-0.39, 0.29) is 0 Å². The minimum absolute atomic E-state index is 0.658. The number of unbranched alkanes of at least 4 members (excludes halogenated alkanes) is 1. The molecule has 80 valence electrons. The van der Waals surface area contributed by atoms with E-state index in [9.17, 15) is 0 Å². The van der Waals surface area contributed by atoms with Crippen molar-refractivity contribution in [2.75, 3.05) is 12.8 Å². The van der Waals surface area contributed by atoms with Crippen LogP contribution >= 0.6 is 11.8 Å². The normalized spacial score (nSPS) is 9.87. The van der Waals surface area contributed by atoms with Crippen molar-refractivity contribution in [2.45, 2.75) is 24.3 Å². The molecule has 0 aliphatic rings. The van der Waals surface area contributed by atoms with E-state index in [0.29, 0.717) is 6.42 Å². The van der Waals surface area contributed by atoms with Crippen molar-refractivity contribution in [3.63, 3.8) is 0 Å². The van der Waals surface area contributed by atoms with Crippen molar-refractivity contribution in [1.29, 1.82) is 5.26 Å². The topological polar surface area (TPSA) is 35.8 Å². The van der Waals surface area contributed by atoms with E-state index < -0.39 is 0 Å². The molecule has 0 fully saturated rings. The zero-order valence-corrected chi connectivity index (χ0v) is 9.81. The van der Waals surface area contributed by atoms with Gasteiger partial charge >= 0.3 is 0 Å². The predicted molar refractivity (Wildman–Crippen MR) is 64.8 cm³/mol. The number of hydrogen-bond donors (Lipinski definition) is 1. The Balaban J connectivity index is 2.33. The monoisotopic (exact) mass is 220 g/mol. The Morgan fingerprint density at radius 1 is 1.33 bits per heavy atom. The molecule has 0 amide bonds. The van der Waals surface area contributed by atoms with Crippen LogP contribution in [0.3, 0.4) is 0 Å². The van der Waals surface area contributed by atoms with Gasteiger partial charge in [-0.05, 0) is 36.9 Å². The lowest BCUT2D eigenvalue weighted by atomic mass is 10.2. The van der Waals surface area contributed by atoms with Crippen molar-refractivity contribution in [3.8, 4) is 6.07 Å². The number of nitriles is 1. The fourth-order valence-electron chi connectivity index (χ4n) is 1.25. The van der Waals surface area contributed by atoms with Gasteiger partial charge in [0.25, 0.3) is 0 Å². The molecule has 1 N–H and O–H groups in total. The first-order chi connectivity index (χ1) is 7.36. The van der Waals surface area contributed by atoms with E-state index in [1.54, 1.807) is 0 Å². The standard InChI is InChI=1S/C12H16N2S/c1-14-10-11-4-6-12(7-5-11)15-9-3-2-8-13/h4-7,14H,2-3,9-10H2,1H3. The van der Waals surface area contributed by atoms with Crippen LogP contribution in [-0.4, -0.2) is 12.8 Å². The molecule has 0 atom stereocenters. The van der Waals surface area contributed by atoms with Gasteiger partial charge in [-0.15, -0.1) is 11.8 Å². The summed E-state index contributed by atoms with van der Waals surface area (Å²) in [5, 5.41) is 11.5. The van der Waals surface area contributed by atoms with Crippen molar-refractivity contribution in [2.24, 2.45) is 0 Å². The molecule has 1 aromatic rings. The lowest BCUT2D eigenvalue weighted by Crippen LogP contribution is -2.04. The second kappa shape index (κ2) is 7.33. The number of rotatable bonds is 6. The average Bonchev–Trinajstić information content (AvgIpc) is 2.27. The summed E-state index contributed by atoms with van der Waals surface area (Å²) in [5.74, 6) is 1.03. The summed E-state index contributed by atoms with van der Waals surface area (Å²) in [6.07, 6.45) is 1.63. The van der Waals surface area contributed by atoms with Crippen molar-refractivity contribution >= 4 is 11.8 Å². The van der Waals surface area contributed by atoms with Gasteiger partial charge in [0.15, 0.2) is 0 Å². The van der Waals surface area contributed by atoms with Gasteiger partial charge in [-0.1, -0.05) is 12.1 Å². The quantitative estimate of drug-likeness (QED) is 0.591. The maximum absolute atomic E-state index is 8.39. The molecule has 15 heavy (non-hydrogen) atoms. The summed E-state index contributed by atoms with van der Waals surface area (Å²) in [5.41, 5.74) is 1.30. The molecular weight excluding hydrogens is 204 g/mol. The molecule has 0 heterocycles.